The molecule has 0 radical (unpaired) electrons. The second-order valence-corrected chi connectivity index (χ2v) is 4.83. The fourth-order valence-corrected chi connectivity index (χ4v) is 2.23. The number of carboxylic acid groups (broad SMARTS) is 1. The number of pyridine rings is 1. The summed E-state index contributed by atoms with van der Waals surface area (Å²) in [6.45, 7) is 3.76. The van der Waals surface area contributed by atoms with Crippen molar-refractivity contribution < 1.29 is 14.6 Å². The van der Waals surface area contributed by atoms with E-state index in [0.29, 0.717) is 17.0 Å². The number of carbonyl (C=O) groups is 1. The van der Waals surface area contributed by atoms with Crippen LogP contribution in [-0.2, 0) is 4.79 Å². The first-order chi connectivity index (χ1) is 9.04. The van der Waals surface area contributed by atoms with Crippen LogP contribution >= 0.6 is 0 Å². The van der Waals surface area contributed by atoms with Crippen molar-refractivity contribution in [2.24, 2.45) is 5.92 Å². The summed E-state index contributed by atoms with van der Waals surface area (Å²) in [4.78, 5) is 15.8. The first kappa shape index (κ1) is 13.3. The second-order valence-electron chi connectivity index (χ2n) is 4.83. The third kappa shape index (κ3) is 2.52. The van der Waals surface area contributed by atoms with Crippen molar-refractivity contribution in [3.8, 4) is 5.75 Å². The summed E-state index contributed by atoms with van der Waals surface area (Å²) in [5.41, 5.74) is 1.27. The molecule has 0 saturated carbocycles. The quantitative estimate of drug-likeness (QED) is 0.916. The smallest absolute Gasteiger partial charge is 0.312 e. The number of para-hydroxylation sites is 1. The molecule has 0 amide bonds. The van der Waals surface area contributed by atoms with Crippen molar-refractivity contribution in [3.05, 3.63) is 36.0 Å². The van der Waals surface area contributed by atoms with Crippen LogP contribution in [0.4, 0.5) is 0 Å². The number of rotatable bonds is 4. The van der Waals surface area contributed by atoms with E-state index < -0.39 is 11.9 Å². The lowest BCUT2D eigenvalue weighted by molar-refractivity contribution is -0.140. The molecule has 0 saturated heterocycles. The van der Waals surface area contributed by atoms with Gasteiger partial charge < -0.3 is 9.84 Å². The lowest BCUT2D eigenvalue weighted by Crippen LogP contribution is -2.18. The minimum atomic E-state index is -0.850. The van der Waals surface area contributed by atoms with Crippen molar-refractivity contribution in [2.45, 2.75) is 19.8 Å². The van der Waals surface area contributed by atoms with Crippen LogP contribution in [-0.4, -0.2) is 23.2 Å². The van der Waals surface area contributed by atoms with Crippen molar-refractivity contribution >= 4 is 16.9 Å². The third-order valence-corrected chi connectivity index (χ3v) is 3.18. The van der Waals surface area contributed by atoms with Crippen LogP contribution in [0, 0.1) is 5.92 Å². The van der Waals surface area contributed by atoms with Crippen molar-refractivity contribution in [1.82, 2.24) is 4.98 Å². The Morgan fingerprint density at radius 2 is 2.00 bits per heavy atom. The molecule has 2 aromatic rings. The van der Waals surface area contributed by atoms with Gasteiger partial charge >= 0.3 is 5.97 Å². The van der Waals surface area contributed by atoms with Gasteiger partial charge in [-0.25, -0.2) is 4.98 Å². The Labute approximate surface area is 112 Å². The zero-order chi connectivity index (χ0) is 14.0. The highest BCUT2D eigenvalue weighted by Crippen LogP contribution is 2.28. The summed E-state index contributed by atoms with van der Waals surface area (Å²) in [5.74, 6) is -0.810. The lowest BCUT2D eigenvalue weighted by atomic mass is 9.92. The third-order valence-electron chi connectivity index (χ3n) is 3.18. The van der Waals surface area contributed by atoms with Gasteiger partial charge in [0, 0.05) is 5.39 Å². The van der Waals surface area contributed by atoms with Gasteiger partial charge in [0.1, 0.15) is 17.2 Å². The Hall–Kier alpha value is -2.10. The second kappa shape index (κ2) is 5.26. The van der Waals surface area contributed by atoms with E-state index >= 15 is 0 Å². The minimum Gasteiger partial charge on any atom is -0.494 e. The first-order valence-corrected chi connectivity index (χ1v) is 6.21. The highest BCUT2D eigenvalue weighted by Gasteiger charge is 2.25. The maximum absolute atomic E-state index is 11.4. The molecule has 19 heavy (non-hydrogen) atoms. The number of aromatic nitrogens is 1. The predicted octanol–water partition coefficient (Wildman–Crippen LogP) is 3.07. The van der Waals surface area contributed by atoms with Crippen molar-refractivity contribution in [2.75, 3.05) is 7.11 Å². The Balaban J connectivity index is 2.59. The van der Waals surface area contributed by atoms with Crippen LogP contribution in [0.5, 0.6) is 5.75 Å². The van der Waals surface area contributed by atoms with E-state index in [1.54, 1.807) is 13.2 Å². The summed E-state index contributed by atoms with van der Waals surface area (Å²) in [6, 6.07) is 9.31. The SMILES string of the molecule is COc1cccc2ccc(C(C(=O)O)C(C)C)nc12. The average molecular weight is 259 g/mol. The van der Waals surface area contributed by atoms with Crippen LogP contribution in [0.15, 0.2) is 30.3 Å². The molecule has 1 N–H and O–H groups in total. The van der Waals surface area contributed by atoms with E-state index in [1.165, 1.54) is 0 Å². The highest BCUT2D eigenvalue weighted by molar-refractivity contribution is 5.85. The van der Waals surface area contributed by atoms with E-state index in [1.807, 2.05) is 38.1 Å². The first-order valence-electron chi connectivity index (χ1n) is 6.21. The molecule has 2 rings (SSSR count). The standard InChI is InChI=1S/C15H17NO3/c1-9(2)13(15(17)18)11-8-7-10-5-4-6-12(19-3)14(10)16-11/h4-9,13H,1-3H3,(H,17,18). The number of benzene rings is 1. The molecule has 0 aliphatic rings. The van der Waals surface area contributed by atoms with Gasteiger partial charge in [-0.05, 0) is 18.1 Å². The van der Waals surface area contributed by atoms with Gasteiger partial charge in [-0.2, -0.15) is 0 Å². The monoisotopic (exact) mass is 259 g/mol. The summed E-state index contributed by atoms with van der Waals surface area (Å²) in [6.07, 6.45) is 0. The molecule has 1 aromatic heterocycles. The molecule has 0 fully saturated rings. The number of fused-ring (bicyclic) bond motifs is 1. The van der Waals surface area contributed by atoms with E-state index in [0.717, 1.165) is 5.39 Å². The molecule has 0 bridgehead atoms. The summed E-state index contributed by atoms with van der Waals surface area (Å²) in [7, 11) is 1.58. The van der Waals surface area contributed by atoms with Gasteiger partial charge in [0.25, 0.3) is 0 Å². The van der Waals surface area contributed by atoms with Crippen LogP contribution in [0.1, 0.15) is 25.5 Å². The normalized spacial score (nSPS) is 12.6. The van der Waals surface area contributed by atoms with E-state index in [4.69, 9.17) is 4.74 Å². The Kier molecular flexibility index (Phi) is 3.69. The number of nitrogens with zero attached hydrogens (tertiary/aromatic N) is 1. The molecule has 4 nitrogen and oxygen atoms in total. The van der Waals surface area contributed by atoms with Crippen LogP contribution < -0.4 is 4.74 Å². The highest BCUT2D eigenvalue weighted by atomic mass is 16.5. The van der Waals surface area contributed by atoms with Crippen molar-refractivity contribution in [3.63, 3.8) is 0 Å². The largest absolute Gasteiger partial charge is 0.494 e. The lowest BCUT2D eigenvalue weighted by Gasteiger charge is -2.16. The molecule has 1 atom stereocenters. The van der Waals surface area contributed by atoms with Gasteiger partial charge in [0.2, 0.25) is 0 Å². The molecule has 0 aliphatic carbocycles. The topological polar surface area (TPSA) is 59.4 Å². The predicted molar refractivity (Wildman–Crippen MR) is 73.5 cm³/mol. The molecule has 1 aromatic carbocycles. The zero-order valence-electron chi connectivity index (χ0n) is 11.3. The Bertz CT molecular complexity index is 607. The maximum Gasteiger partial charge on any atom is 0.312 e. The maximum atomic E-state index is 11.4. The molecule has 100 valence electrons. The van der Waals surface area contributed by atoms with Crippen LogP contribution in [0.2, 0.25) is 0 Å². The van der Waals surface area contributed by atoms with Crippen molar-refractivity contribution in [1.29, 1.82) is 0 Å². The molecule has 1 heterocycles. The summed E-state index contributed by atoms with van der Waals surface area (Å²) in [5, 5.41) is 10.3. The number of hydrogen-bond acceptors (Lipinski definition) is 3. The van der Waals surface area contributed by atoms with Crippen LogP contribution in [0.25, 0.3) is 10.9 Å². The number of methoxy groups -OCH3 is 1. The van der Waals surface area contributed by atoms with Gasteiger partial charge in [0.05, 0.1) is 12.8 Å². The van der Waals surface area contributed by atoms with Gasteiger partial charge in [-0.15, -0.1) is 0 Å². The minimum absolute atomic E-state index is 0.0165. The molecule has 0 aliphatic heterocycles. The molecule has 0 spiro atoms. The van der Waals surface area contributed by atoms with Gasteiger partial charge in [-0.1, -0.05) is 32.0 Å². The van der Waals surface area contributed by atoms with Gasteiger partial charge in [0.15, 0.2) is 0 Å². The van der Waals surface area contributed by atoms with E-state index in [2.05, 4.69) is 4.98 Å². The van der Waals surface area contributed by atoms with E-state index in [9.17, 15) is 9.90 Å². The molecule has 4 heteroatoms. The molecule has 1 unspecified atom stereocenters. The Morgan fingerprint density at radius 3 is 2.58 bits per heavy atom. The number of carboxylic acids is 1. The number of aliphatic carboxylic acids is 1. The molecular formula is C15H17NO3. The zero-order valence-corrected chi connectivity index (χ0v) is 11.3. The number of hydrogen-bond donors (Lipinski definition) is 1. The average Bonchev–Trinajstić information content (AvgIpc) is 2.37. The fourth-order valence-electron chi connectivity index (χ4n) is 2.23. The van der Waals surface area contributed by atoms with E-state index in [-0.39, 0.29) is 5.92 Å². The molecular weight excluding hydrogens is 242 g/mol. The Morgan fingerprint density at radius 1 is 1.26 bits per heavy atom. The van der Waals surface area contributed by atoms with Crippen LogP contribution in [0.3, 0.4) is 0 Å². The number of ether oxygens (including phenoxy) is 1. The summed E-state index contributed by atoms with van der Waals surface area (Å²) >= 11 is 0. The fraction of sp³-hybridized carbons (Fsp3) is 0.333. The summed E-state index contributed by atoms with van der Waals surface area (Å²) < 4.78 is 5.27. The van der Waals surface area contributed by atoms with Gasteiger partial charge in [-0.3, -0.25) is 4.79 Å².